The number of hydrogen-bond donors (Lipinski definition) is 1. The maximum Gasteiger partial charge on any atom is 0.261 e. The summed E-state index contributed by atoms with van der Waals surface area (Å²) in [5.74, 6) is 0.813. The van der Waals surface area contributed by atoms with Crippen LogP contribution in [0.2, 0.25) is 0 Å². The summed E-state index contributed by atoms with van der Waals surface area (Å²) in [4.78, 5) is 12.7. The molecule has 0 radical (unpaired) electrons. The summed E-state index contributed by atoms with van der Waals surface area (Å²) in [6, 6.07) is 14.4. The summed E-state index contributed by atoms with van der Waals surface area (Å²) in [5.41, 5.74) is 0. The molecule has 2 aromatic carbocycles. The molecule has 3 nitrogen and oxygen atoms in total. The smallest absolute Gasteiger partial charge is 0.261 e. The molecule has 1 aliphatic carbocycles. The van der Waals surface area contributed by atoms with E-state index in [1.165, 1.54) is 25.7 Å². The van der Waals surface area contributed by atoms with Gasteiger partial charge >= 0.3 is 0 Å². The number of benzene rings is 2. The highest BCUT2D eigenvalue weighted by molar-refractivity contribution is 5.89. The number of hydrogen-bond acceptors (Lipinski definition) is 2. The summed E-state index contributed by atoms with van der Waals surface area (Å²) in [5, 5.41) is 5.40. The third-order valence-electron chi connectivity index (χ3n) is 4.88. The highest BCUT2D eigenvalue weighted by Crippen LogP contribution is 2.26. The van der Waals surface area contributed by atoms with Crippen LogP contribution in [0.15, 0.2) is 42.5 Å². The lowest BCUT2D eigenvalue weighted by Gasteiger charge is -2.22. The van der Waals surface area contributed by atoms with Gasteiger partial charge in [0.05, 0.1) is 0 Å². The molecule has 24 heavy (non-hydrogen) atoms. The van der Waals surface area contributed by atoms with E-state index in [1.807, 2.05) is 37.3 Å². The van der Waals surface area contributed by atoms with Crippen LogP contribution in [0.5, 0.6) is 5.75 Å². The van der Waals surface area contributed by atoms with Crippen molar-refractivity contribution < 1.29 is 9.53 Å². The van der Waals surface area contributed by atoms with Crippen molar-refractivity contribution in [1.29, 1.82) is 0 Å². The van der Waals surface area contributed by atoms with Crippen molar-refractivity contribution in [2.75, 3.05) is 0 Å². The number of fused-ring (bicyclic) bond motifs is 1. The van der Waals surface area contributed by atoms with Gasteiger partial charge in [-0.05, 0) is 30.7 Å². The number of nitrogens with one attached hydrogen (secondary N) is 1. The Balaban J connectivity index is 1.70. The van der Waals surface area contributed by atoms with Gasteiger partial charge in [0, 0.05) is 11.4 Å². The first-order valence-electron chi connectivity index (χ1n) is 9.22. The Kier molecular flexibility index (Phi) is 5.73. The Labute approximate surface area is 144 Å². The van der Waals surface area contributed by atoms with Crippen molar-refractivity contribution in [2.24, 2.45) is 0 Å². The fraction of sp³-hybridized carbons (Fsp3) is 0.476. The zero-order valence-corrected chi connectivity index (χ0v) is 14.5. The predicted molar refractivity (Wildman–Crippen MR) is 98.3 cm³/mol. The topological polar surface area (TPSA) is 38.3 Å². The maximum absolute atomic E-state index is 12.7. The van der Waals surface area contributed by atoms with Crippen LogP contribution in [-0.2, 0) is 4.79 Å². The molecule has 0 aromatic heterocycles. The summed E-state index contributed by atoms with van der Waals surface area (Å²) >= 11 is 0. The first-order chi connectivity index (χ1) is 11.8. The minimum atomic E-state index is -0.431. The maximum atomic E-state index is 12.7. The van der Waals surface area contributed by atoms with Gasteiger partial charge in [0.25, 0.3) is 5.91 Å². The van der Waals surface area contributed by atoms with Crippen LogP contribution in [0.4, 0.5) is 0 Å². The van der Waals surface area contributed by atoms with Crippen molar-refractivity contribution in [3.05, 3.63) is 42.5 Å². The first kappa shape index (κ1) is 16.8. The molecule has 0 aliphatic heterocycles. The average molecular weight is 325 g/mol. The van der Waals surface area contributed by atoms with E-state index in [0.29, 0.717) is 12.5 Å². The van der Waals surface area contributed by atoms with Crippen LogP contribution in [-0.4, -0.2) is 18.1 Å². The van der Waals surface area contributed by atoms with E-state index in [-0.39, 0.29) is 5.91 Å². The van der Waals surface area contributed by atoms with E-state index >= 15 is 0 Å². The monoisotopic (exact) mass is 325 g/mol. The molecule has 2 aromatic rings. The molecule has 1 fully saturated rings. The Morgan fingerprint density at radius 3 is 2.54 bits per heavy atom. The number of carbonyl (C=O) groups excluding carboxylic acids is 1. The molecule has 1 aliphatic rings. The van der Waals surface area contributed by atoms with E-state index in [4.69, 9.17) is 4.74 Å². The molecule has 0 saturated heterocycles. The second-order valence-corrected chi connectivity index (χ2v) is 6.69. The Hall–Kier alpha value is -2.03. The third kappa shape index (κ3) is 4.08. The van der Waals surface area contributed by atoms with Gasteiger partial charge < -0.3 is 10.1 Å². The SMILES string of the molecule is CC[C@@H](Oc1cccc2ccccc12)C(=O)NC1CCCCCC1. The first-order valence-corrected chi connectivity index (χ1v) is 9.22. The molecule has 1 saturated carbocycles. The van der Waals surface area contributed by atoms with Gasteiger partial charge in [-0.3, -0.25) is 4.79 Å². The lowest BCUT2D eigenvalue weighted by molar-refractivity contribution is -0.128. The van der Waals surface area contributed by atoms with Crippen LogP contribution in [0.25, 0.3) is 10.8 Å². The van der Waals surface area contributed by atoms with Crippen LogP contribution in [0, 0.1) is 0 Å². The van der Waals surface area contributed by atoms with Crippen molar-refractivity contribution in [2.45, 2.75) is 64.0 Å². The van der Waals surface area contributed by atoms with Crippen LogP contribution >= 0.6 is 0 Å². The van der Waals surface area contributed by atoms with Gasteiger partial charge in [-0.2, -0.15) is 0 Å². The quantitative estimate of drug-likeness (QED) is 0.799. The van der Waals surface area contributed by atoms with Crippen molar-refractivity contribution in [1.82, 2.24) is 5.32 Å². The number of carbonyl (C=O) groups is 1. The van der Waals surface area contributed by atoms with Crippen LogP contribution < -0.4 is 10.1 Å². The summed E-state index contributed by atoms with van der Waals surface area (Å²) in [7, 11) is 0. The largest absolute Gasteiger partial charge is 0.480 e. The molecule has 0 unspecified atom stereocenters. The van der Waals surface area contributed by atoms with Gasteiger partial charge in [0.1, 0.15) is 5.75 Å². The standard InChI is InChI=1S/C21H27NO2/c1-2-19(21(23)22-17-12-5-3-4-6-13-17)24-20-15-9-11-16-10-7-8-14-18(16)20/h7-11,14-15,17,19H,2-6,12-13H2,1H3,(H,22,23)/t19-/m1/s1. The van der Waals surface area contributed by atoms with E-state index in [2.05, 4.69) is 17.4 Å². The predicted octanol–water partition coefficient (Wildman–Crippen LogP) is 4.84. The van der Waals surface area contributed by atoms with Crippen molar-refractivity contribution in [3.8, 4) is 5.75 Å². The highest BCUT2D eigenvalue weighted by atomic mass is 16.5. The molecule has 3 heteroatoms. The van der Waals surface area contributed by atoms with Gasteiger partial charge in [-0.1, -0.05) is 69.0 Å². The summed E-state index contributed by atoms with van der Waals surface area (Å²) < 4.78 is 6.10. The van der Waals surface area contributed by atoms with Gasteiger partial charge in [-0.25, -0.2) is 0 Å². The molecule has 1 amide bonds. The molecule has 1 atom stereocenters. The molecule has 3 rings (SSSR count). The minimum Gasteiger partial charge on any atom is -0.480 e. The van der Waals surface area contributed by atoms with E-state index in [9.17, 15) is 4.79 Å². The van der Waals surface area contributed by atoms with E-state index in [0.717, 1.165) is 29.4 Å². The fourth-order valence-corrected chi connectivity index (χ4v) is 3.49. The molecule has 0 spiro atoms. The van der Waals surface area contributed by atoms with E-state index < -0.39 is 6.10 Å². The number of ether oxygens (including phenoxy) is 1. The molecule has 0 bridgehead atoms. The van der Waals surface area contributed by atoms with Gasteiger partial charge in [0.2, 0.25) is 0 Å². The van der Waals surface area contributed by atoms with Gasteiger partial charge in [-0.15, -0.1) is 0 Å². The van der Waals surface area contributed by atoms with Crippen LogP contribution in [0.3, 0.4) is 0 Å². The molecule has 128 valence electrons. The second-order valence-electron chi connectivity index (χ2n) is 6.69. The summed E-state index contributed by atoms with van der Waals surface area (Å²) in [6.45, 7) is 2.00. The van der Waals surface area contributed by atoms with Crippen molar-refractivity contribution in [3.63, 3.8) is 0 Å². The zero-order chi connectivity index (χ0) is 16.8. The Bertz CT molecular complexity index is 669. The average Bonchev–Trinajstić information content (AvgIpc) is 2.88. The second kappa shape index (κ2) is 8.18. The number of rotatable bonds is 5. The van der Waals surface area contributed by atoms with Crippen molar-refractivity contribution >= 4 is 16.7 Å². The molecule has 1 N–H and O–H groups in total. The van der Waals surface area contributed by atoms with Crippen LogP contribution in [0.1, 0.15) is 51.9 Å². The summed E-state index contributed by atoms with van der Waals surface area (Å²) in [6.07, 6.45) is 7.43. The third-order valence-corrected chi connectivity index (χ3v) is 4.88. The number of amides is 1. The fourth-order valence-electron chi connectivity index (χ4n) is 3.49. The Morgan fingerprint density at radius 1 is 1.08 bits per heavy atom. The zero-order valence-electron chi connectivity index (χ0n) is 14.5. The lowest BCUT2D eigenvalue weighted by Crippen LogP contribution is -2.43. The van der Waals surface area contributed by atoms with E-state index in [1.54, 1.807) is 0 Å². The lowest BCUT2D eigenvalue weighted by atomic mass is 10.1. The molecule has 0 heterocycles. The van der Waals surface area contributed by atoms with Gasteiger partial charge in [0.15, 0.2) is 6.10 Å². The normalized spacial score (nSPS) is 17.2. The Morgan fingerprint density at radius 2 is 1.79 bits per heavy atom. The molecular formula is C21H27NO2. The minimum absolute atomic E-state index is 0.0253. The highest BCUT2D eigenvalue weighted by Gasteiger charge is 2.22. The molecular weight excluding hydrogens is 298 g/mol.